The molecule has 0 aromatic carbocycles. The molecule has 0 heterocycles. The maximum absolute atomic E-state index is 11.9. The highest BCUT2D eigenvalue weighted by Crippen LogP contribution is 1.98. The van der Waals surface area contributed by atoms with Crippen LogP contribution >= 0.6 is 0 Å². The van der Waals surface area contributed by atoms with Gasteiger partial charge in [0.05, 0.1) is 0 Å². The average Bonchev–Trinajstić information content (AvgIpc) is 2.80. The Morgan fingerprint density at radius 3 is 1.39 bits per heavy atom. The van der Waals surface area contributed by atoms with E-state index in [1.807, 2.05) is 0 Å². The molecule has 0 rings (SSSR count). The molecule has 3 amide bonds. The summed E-state index contributed by atoms with van der Waals surface area (Å²) in [7, 11) is 0. The number of carbonyl (C=O) groups excluding carboxylic acids is 3. The quantitative estimate of drug-likeness (QED) is 0.0944. The largest absolute Gasteiger partial charge is 0.445 e. The second kappa shape index (κ2) is 21.0. The molecule has 18 nitrogen and oxygen atoms in total. The molecule has 33 heavy (non-hydrogen) atoms. The van der Waals surface area contributed by atoms with Crippen LogP contribution in [0.5, 0.6) is 0 Å². The van der Waals surface area contributed by atoms with Gasteiger partial charge in [-0.15, -0.1) is 0 Å². The number of alkyl carbamates (subject to hydrolysis) is 3. The fourth-order valence-corrected chi connectivity index (χ4v) is 1.90. The van der Waals surface area contributed by atoms with E-state index >= 15 is 0 Å². The molecule has 0 spiro atoms. The summed E-state index contributed by atoms with van der Waals surface area (Å²) in [6.45, 7) is 0.350. The van der Waals surface area contributed by atoms with Crippen LogP contribution in [0.15, 0.2) is 15.3 Å². The van der Waals surface area contributed by atoms with E-state index in [4.69, 9.17) is 30.8 Å². The Kier molecular flexibility index (Phi) is 18.3. The fourth-order valence-electron chi connectivity index (χ4n) is 1.90. The van der Waals surface area contributed by atoms with Crippen LogP contribution < -0.4 is 16.0 Å². The summed E-state index contributed by atoms with van der Waals surface area (Å²) < 4.78 is 15.0. The van der Waals surface area contributed by atoms with Gasteiger partial charge >= 0.3 is 18.3 Å². The lowest BCUT2D eigenvalue weighted by atomic mass is 10.4. The summed E-state index contributed by atoms with van der Waals surface area (Å²) in [4.78, 5) is 43.1. The molecule has 0 radical (unpaired) electrons. The molecule has 0 saturated carbocycles. The molecule has 18 heteroatoms. The van der Waals surface area contributed by atoms with Crippen molar-refractivity contribution in [3.63, 3.8) is 0 Å². The molecule has 0 aliphatic heterocycles. The maximum atomic E-state index is 11.9. The normalized spacial score (nSPS) is 10.2. The van der Waals surface area contributed by atoms with Crippen molar-refractivity contribution < 1.29 is 28.6 Å². The number of amides is 3. The summed E-state index contributed by atoms with van der Waals surface area (Å²) in [5, 5.41) is 17.2. The molecule has 0 atom stereocenters. The first kappa shape index (κ1) is 28.7. The molecule has 0 aromatic heterocycles. The lowest BCUT2D eigenvalue weighted by molar-refractivity contribution is 0.00742. The second-order valence-corrected chi connectivity index (χ2v) is 5.93. The third-order valence-electron chi connectivity index (χ3n) is 3.38. The number of nitrogens with zero attached hydrogens (tertiary/aromatic N) is 9. The smallest absolute Gasteiger partial charge is 0.407 e. The van der Waals surface area contributed by atoms with Crippen LogP contribution in [0.1, 0.15) is 19.3 Å². The molecule has 182 valence electrons. The van der Waals surface area contributed by atoms with Crippen LogP contribution in [0, 0.1) is 0 Å². The highest BCUT2D eigenvalue weighted by Gasteiger charge is 2.19. The van der Waals surface area contributed by atoms with E-state index < -0.39 is 37.6 Å². The van der Waals surface area contributed by atoms with Crippen LogP contribution in [-0.4, -0.2) is 76.9 Å². The Balaban J connectivity index is 4.48. The number of nitrogens with one attached hydrogen (secondary N) is 3. The van der Waals surface area contributed by atoms with Crippen LogP contribution in [0.4, 0.5) is 14.4 Å². The van der Waals surface area contributed by atoms with Gasteiger partial charge < -0.3 is 30.2 Å². The standard InChI is InChI=1S/C15H26N12O6/c16-25-22-7-1-4-19-13(28)31-10-12(33-15(30)21-6-3-9-24-27-18)11-32-14(29)20-5-2-8-23-26-17/h12H,1-11H2,(H,19,28)(H,20,29)(H,21,30). The van der Waals surface area contributed by atoms with Gasteiger partial charge in [-0.1, -0.05) is 15.3 Å². The summed E-state index contributed by atoms with van der Waals surface area (Å²) in [5.41, 5.74) is 24.6. The first-order chi connectivity index (χ1) is 16.0. The van der Waals surface area contributed by atoms with Gasteiger partial charge in [-0.3, -0.25) is 0 Å². The summed E-state index contributed by atoms with van der Waals surface area (Å²) in [6.07, 6.45) is -2.38. The summed E-state index contributed by atoms with van der Waals surface area (Å²) in [6, 6.07) is 0. The number of hydrogen-bond acceptors (Lipinski definition) is 9. The van der Waals surface area contributed by atoms with Gasteiger partial charge in [0.15, 0.2) is 6.10 Å². The molecular weight excluding hydrogens is 444 g/mol. The lowest BCUT2D eigenvalue weighted by Gasteiger charge is -2.18. The van der Waals surface area contributed by atoms with Crippen molar-refractivity contribution in [2.75, 3.05) is 52.5 Å². The van der Waals surface area contributed by atoms with Crippen molar-refractivity contribution in [3.05, 3.63) is 31.3 Å². The zero-order chi connectivity index (χ0) is 24.6. The van der Waals surface area contributed by atoms with Crippen LogP contribution in [0.3, 0.4) is 0 Å². The van der Waals surface area contributed by atoms with Gasteiger partial charge in [-0.2, -0.15) is 0 Å². The van der Waals surface area contributed by atoms with Crippen LogP contribution in [-0.2, 0) is 14.2 Å². The van der Waals surface area contributed by atoms with Crippen molar-refractivity contribution >= 4 is 18.3 Å². The third-order valence-corrected chi connectivity index (χ3v) is 3.38. The zero-order valence-corrected chi connectivity index (χ0v) is 17.8. The van der Waals surface area contributed by atoms with E-state index in [-0.39, 0.29) is 39.3 Å². The Bertz CT molecular complexity index is 704. The average molecular weight is 470 g/mol. The minimum absolute atomic E-state index is 0.170. The molecule has 0 aromatic rings. The van der Waals surface area contributed by atoms with E-state index in [0.717, 1.165) is 0 Å². The number of hydrogen-bond donors (Lipinski definition) is 3. The molecule has 0 aliphatic carbocycles. The third kappa shape index (κ3) is 19.4. The van der Waals surface area contributed by atoms with Crippen molar-refractivity contribution in [1.82, 2.24) is 16.0 Å². The van der Waals surface area contributed by atoms with Gasteiger partial charge in [-0.05, 0) is 35.9 Å². The second-order valence-electron chi connectivity index (χ2n) is 5.93. The van der Waals surface area contributed by atoms with E-state index in [0.29, 0.717) is 19.3 Å². The predicted molar refractivity (Wildman–Crippen MR) is 113 cm³/mol. The molecule has 0 fully saturated rings. The topological polar surface area (TPSA) is 261 Å². The van der Waals surface area contributed by atoms with Gasteiger partial charge in [0.25, 0.3) is 0 Å². The summed E-state index contributed by atoms with van der Waals surface area (Å²) >= 11 is 0. The first-order valence-electron chi connectivity index (χ1n) is 9.81. The first-order valence-corrected chi connectivity index (χ1v) is 9.81. The van der Waals surface area contributed by atoms with Crippen molar-refractivity contribution in [3.8, 4) is 0 Å². The van der Waals surface area contributed by atoms with E-state index in [9.17, 15) is 14.4 Å². The van der Waals surface area contributed by atoms with Gasteiger partial charge in [0, 0.05) is 54.0 Å². The van der Waals surface area contributed by atoms with E-state index in [2.05, 4.69) is 46.0 Å². The molecule has 0 saturated heterocycles. The van der Waals surface area contributed by atoms with Gasteiger partial charge in [0.1, 0.15) is 13.2 Å². The van der Waals surface area contributed by atoms with E-state index in [1.54, 1.807) is 0 Å². The number of azide groups is 3. The number of ether oxygens (including phenoxy) is 3. The highest BCUT2D eigenvalue weighted by molar-refractivity contribution is 5.68. The van der Waals surface area contributed by atoms with Crippen molar-refractivity contribution in [2.45, 2.75) is 25.4 Å². The van der Waals surface area contributed by atoms with Crippen molar-refractivity contribution in [2.24, 2.45) is 15.3 Å². The molecule has 3 N–H and O–H groups in total. The van der Waals surface area contributed by atoms with Crippen molar-refractivity contribution in [1.29, 1.82) is 0 Å². The Hall–Kier alpha value is -4.26. The Morgan fingerprint density at radius 2 is 1.03 bits per heavy atom. The van der Waals surface area contributed by atoms with Crippen LogP contribution in [0.2, 0.25) is 0 Å². The Labute approximate surface area is 188 Å². The van der Waals surface area contributed by atoms with Gasteiger partial charge in [-0.25, -0.2) is 14.4 Å². The molecule has 0 bridgehead atoms. The number of carbonyl (C=O) groups is 3. The van der Waals surface area contributed by atoms with E-state index in [1.165, 1.54) is 0 Å². The minimum Gasteiger partial charge on any atom is -0.445 e. The lowest BCUT2D eigenvalue weighted by Crippen LogP contribution is -2.38. The molecule has 0 aliphatic rings. The fraction of sp³-hybridized carbons (Fsp3) is 0.800. The van der Waals surface area contributed by atoms with Crippen LogP contribution in [0.25, 0.3) is 31.3 Å². The van der Waals surface area contributed by atoms with Gasteiger partial charge in [0.2, 0.25) is 0 Å². The SMILES string of the molecule is [N-]=[N+]=NCCCNC(=O)OCC(COC(=O)NCCCN=[N+]=[N-])OC(=O)NCCCN=[N+]=[N-]. The minimum atomic E-state index is -1.11. The zero-order valence-electron chi connectivity index (χ0n) is 17.8. The summed E-state index contributed by atoms with van der Waals surface area (Å²) in [5.74, 6) is 0. The maximum Gasteiger partial charge on any atom is 0.407 e. The monoisotopic (exact) mass is 470 g/mol. The predicted octanol–water partition coefficient (Wildman–Crippen LogP) is 2.63. The number of rotatable bonds is 17. The molecule has 0 unspecified atom stereocenters. The Morgan fingerprint density at radius 1 is 0.667 bits per heavy atom. The highest BCUT2D eigenvalue weighted by atomic mass is 16.6. The molecular formula is C15H26N12O6.